The van der Waals surface area contributed by atoms with Gasteiger partial charge in [0.1, 0.15) is 27.8 Å². The number of ether oxygens (including phenoxy) is 2. The molecule has 0 aliphatic rings. The Bertz CT molecular complexity index is 1770. The van der Waals surface area contributed by atoms with Gasteiger partial charge in [0.2, 0.25) is 0 Å². The topological polar surface area (TPSA) is 126 Å². The van der Waals surface area contributed by atoms with Gasteiger partial charge in [-0.15, -0.1) is 11.3 Å². The van der Waals surface area contributed by atoms with Crippen LogP contribution in [0.3, 0.4) is 0 Å². The van der Waals surface area contributed by atoms with E-state index in [0.29, 0.717) is 22.0 Å². The summed E-state index contributed by atoms with van der Waals surface area (Å²) in [6.45, 7) is 3.40. The zero-order valence-corrected chi connectivity index (χ0v) is 22.6. The third kappa shape index (κ3) is 4.77. The van der Waals surface area contributed by atoms with Crippen molar-refractivity contribution in [1.82, 2.24) is 14.9 Å². The summed E-state index contributed by atoms with van der Waals surface area (Å²) in [5.41, 5.74) is 0.756. The number of thiophene rings is 1. The monoisotopic (exact) mass is 564 g/mol. The lowest BCUT2D eigenvalue weighted by Gasteiger charge is -2.10. The number of carbonyl (C=O) groups is 2. The lowest BCUT2D eigenvalue weighted by atomic mass is 10.1. The van der Waals surface area contributed by atoms with Gasteiger partial charge in [0.05, 0.1) is 29.8 Å². The Morgan fingerprint density at radius 1 is 1.15 bits per heavy atom. The van der Waals surface area contributed by atoms with Crippen molar-refractivity contribution in [2.45, 2.75) is 13.8 Å². The van der Waals surface area contributed by atoms with Crippen LogP contribution in [0.15, 0.2) is 63.2 Å². The second-order valence-electron chi connectivity index (χ2n) is 8.23. The molecule has 1 amide bonds. The molecule has 5 rings (SSSR count). The third-order valence-electron chi connectivity index (χ3n) is 5.88. The first-order valence-electron chi connectivity index (χ1n) is 11.7. The van der Waals surface area contributed by atoms with E-state index in [2.05, 4.69) is 15.6 Å². The zero-order chi connectivity index (χ0) is 27.7. The summed E-state index contributed by atoms with van der Waals surface area (Å²) in [5.74, 6) is -0.401. The summed E-state index contributed by atoms with van der Waals surface area (Å²) >= 11 is 7.42. The molecule has 3 heterocycles. The van der Waals surface area contributed by atoms with E-state index in [0.717, 1.165) is 16.0 Å². The summed E-state index contributed by atoms with van der Waals surface area (Å²) in [5, 5.41) is 13.7. The maximum absolute atomic E-state index is 13.7. The van der Waals surface area contributed by atoms with Gasteiger partial charge in [-0.25, -0.2) is 4.79 Å². The van der Waals surface area contributed by atoms with Crippen LogP contribution in [0.5, 0.6) is 5.75 Å². The van der Waals surface area contributed by atoms with E-state index in [9.17, 15) is 14.4 Å². The van der Waals surface area contributed by atoms with E-state index < -0.39 is 17.4 Å². The minimum atomic E-state index is -0.698. The molecule has 0 spiro atoms. The largest absolute Gasteiger partial charge is 0.497 e. The van der Waals surface area contributed by atoms with Gasteiger partial charge >= 0.3 is 5.97 Å². The summed E-state index contributed by atoms with van der Waals surface area (Å²) in [7, 11) is 1.53. The molecule has 0 atom stereocenters. The standard InChI is InChI=1S/C27H21ClN4O6S/c1-4-37-27(35)23-18-13-39-25(21(18)26(34)32(30-23)15-9-11-16(36-3)12-10-15)29-24(33)20-14(2)38-31-22(20)17-7-5-6-8-19(17)28/h5-13H,4H2,1-3H3,(H,29,33). The Balaban J connectivity index is 1.63. The van der Waals surface area contributed by atoms with Crippen LogP contribution >= 0.6 is 22.9 Å². The fourth-order valence-electron chi connectivity index (χ4n) is 4.03. The SMILES string of the molecule is CCOC(=O)c1nn(-c2ccc(OC)cc2)c(=O)c2c(NC(=O)c3c(-c4ccccc4Cl)noc3C)scc12. The van der Waals surface area contributed by atoms with Crippen molar-refractivity contribution >= 4 is 50.6 Å². The molecule has 10 nitrogen and oxygen atoms in total. The molecule has 1 N–H and O–H groups in total. The van der Waals surface area contributed by atoms with E-state index in [4.69, 9.17) is 25.6 Å². The van der Waals surface area contributed by atoms with Crippen molar-refractivity contribution in [3.8, 4) is 22.7 Å². The quantitative estimate of drug-likeness (QED) is 0.257. The number of hydrogen-bond acceptors (Lipinski definition) is 9. The number of fused-ring (bicyclic) bond motifs is 1. The number of aryl methyl sites for hydroxylation is 1. The fourth-order valence-corrected chi connectivity index (χ4v) is 5.19. The number of hydrogen-bond donors (Lipinski definition) is 1. The lowest BCUT2D eigenvalue weighted by Crippen LogP contribution is -2.25. The molecular formula is C27H21ClN4O6S. The van der Waals surface area contributed by atoms with Crippen LogP contribution in [0.1, 0.15) is 33.5 Å². The Hall–Kier alpha value is -4.48. The number of methoxy groups -OCH3 is 1. The van der Waals surface area contributed by atoms with Gasteiger partial charge in [-0.05, 0) is 44.2 Å². The van der Waals surface area contributed by atoms with Crippen molar-refractivity contribution < 1.29 is 23.6 Å². The number of anilines is 1. The molecule has 0 radical (unpaired) electrons. The van der Waals surface area contributed by atoms with Crippen LogP contribution in [0.25, 0.3) is 27.7 Å². The first-order chi connectivity index (χ1) is 18.8. The van der Waals surface area contributed by atoms with E-state index in [-0.39, 0.29) is 45.1 Å². The molecule has 2 aromatic carbocycles. The van der Waals surface area contributed by atoms with E-state index in [1.807, 2.05) is 0 Å². The maximum Gasteiger partial charge on any atom is 0.359 e. The smallest absolute Gasteiger partial charge is 0.359 e. The Morgan fingerprint density at radius 3 is 2.59 bits per heavy atom. The second-order valence-corrected chi connectivity index (χ2v) is 9.52. The maximum atomic E-state index is 13.7. The summed E-state index contributed by atoms with van der Waals surface area (Å²) < 4.78 is 16.8. The number of carbonyl (C=O) groups excluding carboxylic acids is 2. The minimum Gasteiger partial charge on any atom is -0.497 e. The molecule has 0 saturated heterocycles. The van der Waals surface area contributed by atoms with Gasteiger partial charge in [0, 0.05) is 16.3 Å². The van der Waals surface area contributed by atoms with Crippen LogP contribution in [-0.2, 0) is 4.74 Å². The number of nitrogens with one attached hydrogen (secondary N) is 1. The molecule has 12 heteroatoms. The van der Waals surface area contributed by atoms with Crippen molar-refractivity contribution in [3.05, 3.63) is 86.3 Å². The zero-order valence-electron chi connectivity index (χ0n) is 21.0. The predicted octanol–water partition coefficient (Wildman–Crippen LogP) is 5.50. The number of rotatable bonds is 7. The van der Waals surface area contributed by atoms with Crippen molar-refractivity contribution in [1.29, 1.82) is 0 Å². The molecular weight excluding hydrogens is 544 g/mol. The van der Waals surface area contributed by atoms with Crippen LogP contribution in [-0.4, -0.2) is 40.5 Å². The van der Waals surface area contributed by atoms with Gasteiger partial charge in [0.15, 0.2) is 5.69 Å². The van der Waals surface area contributed by atoms with Crippen molar-refractivity contribution in [2.24, 2.45) is 0 Å². The Morgan fingerprint density at radius 2 is 1.90 bits per heavy atom. The highest BCUT2D eigenvalue weighted by molar-refractivity contribution is 7.16. The van der Waals surface area contributed by atoms with Gasteiger partial charge in [-0.2, -0.15) is 9.78 Å². The Kier molecular flexibility index (Phi) is 7.18. The van der Waals surface area contributed by atoms with Gasteiger partial charge in [-0.1, -0.05) is 35.0 Å². The molecule has 0 unspecified atom stereocenters. The summed E-state index contributed by atoms with van der Waals surface area (Å²) in [4.78, 5) is 40.0. The number of esters is 1. The lowest BCUT2D eigenvalue weighted by molar-refractivity contribution is 0.0520. The molecule has 0 saturated carbocycles. The average Bonchev–Trinajstić information content (AvgIpc) is 3.53. The van der Waals surface area contributed by atoms with Crippen LogP contribution < -0.4 is 15.6 Å². The molecule has 39 heavy (non-hydrogen) atoms. The average molecular weight is 565 g/mol. The molecule has 0 aliphatic heterocycles. The van der Waals surface area contributed by atoms with E-state index >= 15 is 0 Å². The molecule has 5 aromatic rings. The third-order valence-corrected chi connectivity index (χ3v) is 7.11. The first kappa shape index (κ1) is 26.1. The van der Waals surface area contributed by atoms with Gasteiger partial charge in [-0.3, -0.25) is 9.59 Å². The van der Waals surface area contributed by atoms with Crippen molar-refractivity contribution in [2.75, 3.05) is 19.0 Å². The Labute approximate surface area is 230 Å². The van der Waals surface area contributed by atoms with E-state index in [1.54, 1.807) is 67.8 Å². The van der Waals surface area contributed by atoms with E-state index in [1.165, 1.54) is 7.11 Å². The molecule has 0 fully saturated rings. The first-order valence-corrected chi connectivity index (χ1v) is 13.0. The number of amides is 1. The highest BCUT2D eigenvalue weighted by Gasteiger charge is 2.27. The highest BCUT2D eigenvalue weighted by Crippen LogP contribution is 2.34. The second kappa shape index (κ2) is 10.7. The normalized spacial score (nSPS) is 11.0. The molecule has 3 aromatic heterocycles. The fraction of sp³-hybridized carbons (Fsp3) is 0.148. The highest BCUT2D eigenvalue weighted by atomic mass is 35.5. The van der Waals surface area contributed by atoms with Crippen LogP contribution in [0, 0.1) is 6.92 Å². The number of aromatic nitrogens is 3. The number of nitrogens with zero attached hydrogens (tertiary/aromatic N) is 3. The van der Waals surface area contributed by atoms with Gasteiger partial charge in [0.25, 0.3) is 11.5 Å². The number of benzene rings is 2. The number of halogens is 1. The van der Waals surface area contributed by atoms with Crippen LogP contribution in [0.4, 0.5) is 5.00 Å². The predicted molar refractivity (Wildman–Crippen MR) is 147 cm³/mol. The summed E-state index contributed by atoms with van der Waals surface area (Å²) in [6.07, 6.45) is 0. The summed E-state index contributed by atoms with van der Waals surface area (Å²) in [6, 6.07) is 13.5. The minimum absolute atomic E-state index is 0.0584. The van der Waals surface area contributed by atoms with Gasteiger partial charge < -0.3 is 19.3 Å². The molecule has 0 aliphatic carbocycles. The van der Waals surface area contributed by atoms with Crippen LogP contribution in [0.2, 0.25) is 5.02 Å². The van der Waals surface area contributed by atoms with Crippen molar-refractivity contribution in [3.63, 3.8) is 0 Å². The molecule has 198 valence electrons. The molecule has 0 bridgehead atoms.